The minimum absolute atomic E-state index is 0.0594. The first-order valence-corrected chi connectivity index (χ1v) is 7.82. The van der Waals surface area contributed by atoms with E-state index in [1.54, 1.807) is 10.7 Å². The van der Waals surface area contributed by atoms with Crippen LogP contribution in [0.15, 0.2) is 6.07 Å². The van der Waals surface area contributed by atoms with E-state index in [0.29, 0.717) is 18.2 Å². The molecular formula is C16H24N2O3. The Morgan fingerprint density at radius 1 is 1.57 bits per heavy atom. The average Bonchev–Trinajstić information content (AvgIpc) is 2.85. The molecule has 0 unspecified atom stereocenters. The second-order valence-electron chi connectivity index (χ2n) is 6.73. The van der Waals surface area contributed by atoms with Crippen molar-refractivity contribution in [2.45, 2.75) is 59.3 Å². The molecule has 0 bridgehead atoms. The molecule has 1 aromatic heterocycles. The van der Waals surface area contributed by atoms with E-state index >= 15 is 0 Å². The van der Waals surface area contributed by atoms with Crippen molar-refractivity contribution in [3.63, 3.8) is 0 Å². The van der Waals surface area contributed by atoms with Crippen LogP contribution in [0.5, 0.6) is 0 Å². The number of esters is 1. The van der Waals surface area contributed by atoms with Gasteiger partial charge in [0.15, 0.2) is 0 Å². The molecule has 3 atom stereocenters. The Morgan fingerprint density at radius 2 is 2.33 bits per heavy atom. The lowest BCUT2D eigenvalue weighted by Crippen LogP contribution is -2.65. The third-order valence-electron chi connectivity index (χ3n) is 4.87. The van der Waals surface area contributed by atoms with Crippen LogP contribution >= 0.6 is 0 Å². The Bertz CT molecular complexity index is 550. The summed E-state index contributed by atoms with van der Waals surface area (Å²) in [5.74, 6) is 0.0799. The van der Waals surface area contributed by atoms with Crippen LogP contribution in [-0.4, -0.2) is 34.6 Å². The number of hydrogen-bond acceptors (Lipinski definition) is 4. The number of ether oxygens (including phenoxy) is 2. The van der Waals surface area contributed by atoms with E-state index in [1.165, 1.54) is 0 Å². The van der Waals surface area contributed by atoms with E-state index in [-0.39, 0.29) is 23.6 Å². The van der Waals surface area contributed by atoms with Gasteiger partial charge in [-0.3, -0.25) is 4.68 Å². The van der Waals surface area contributed by atoms with Gasteiger partial charge in [0, 0.05) is 24.5 Å². The smallest absolute Gasteiger partial charge is 0.356 e. The minimum atomic E-state index is -0.264. The van der Waals surface area contributed by atoms with Crippen molar-refractivity contribution in [3.05, 3.63) is 17.5 Å². The van der Waals surface area contributed by atoms with Crippen molar-refractivity contribution < 1.29 is 14.3 Å². The highest BCUT2D eigenvalue weighted by Crippen LogP contribution is 2.53. The summed E-state index contributed by atoms with van der Waals surface area (Å²) in [6.45, 7) is 9.61. The quantitative estimate of drug-likeness (QED) is 0.804. The van der Waals surface area contributed by atoms with Crippen LogP contribution in [0, 0.1) is 18.3 Å². The van der Waals surface area contributed by atoms with Crippen LogP contribution in [0.2, 0.25) is 0 Å². The van der Waals surface area contributed by atoms with Gasteiger partial charge < -0.3 is 9.47 Å². The molecule has 1 saturated carbocycles. The summed E-state index contributed by atoms with van der Waals surface area (Å²) in [7, 11) is 0. The summed E-state index contributed by atoms with van der Waals surface area (Å²) >= 11 is 0. The molecule has 1 aliphatic carbocycles. The van der Waals surface area contributed by atoms with E-state index in [9.17, 15) is 4.79 Å². The third-order valence-corrected chi connectivity index (χ3v) is 4.87. The van der Waals surface area contributed by atoms with Gasteiger partial charge in [-0.25, -0.2) is 4.79 Å². The highest BCUT2D eigenvalue weighted by molar-refractivity contribution is 5.88. The standard InChI is InChI=1S/C16H24N2O3/c1-5-18-12(9-10(2)17-18)15(19)21-14-11-7-6-8-20-13(11)16(14,3)4/h9,11,13-14H,5-8H2,1-4H3/t11-,13+,14-/m1/s1. The van der Waals surface area contributed by atoms with Gasteiger partial charge in [0.1, 0.15) is 11.8 Å². The Hall–Kier alpha value is -1.36. The molecule has 0 amide bonds. The zero-order valence-electron chi connectivity index (χ0n) is 13.3. The Morgan fingerprint density at radius 3 is 3.05 bits per heavy atom. The summed E-state index contributed by atoms with van der Waals surface area (Å²) in [4.78, 5) is 12.5. The summed E-state index contributed by atoms with van der Waals surface area (Å²) in [5, 5.41) is 4.31. The molecule has 21 heavy (non-hydrogen) atoms. The lowest BCUT2D eigenvalue weighted by atomic mass is 9.57. The third kappa shape index (κ3) is 2.27. The molecule has 1 saturated heterocycles. The van der Waals surface area contributed by atoms with Gasteiger partial charge in [-0.2, -0.15) is 5.10 Å². The molecule has 5 nitrogen and oxygen atoms in total. The van der Waals surface area contributed by atoms with Crippen molar-refractivity contribution in [2.75, 3.05) is 6.61 Å². The molecule has 0 aromatic carbocycles. The number of rotatable bonds is 3. The molecule has 5 heteroatoms. The Kier molecular flexibility index (Phi) is 3.56. The van der Waals surface area contributed by atoms with Gasteiger partial charge in [0.25, 0.3) is 0 Å². The fourth-order valence-electron chi connectivity index (χ4n) is 3.84. The van der Waals surface area contributed by atoms with Gasteiger partial charge in [-0.1, -0.05) is 13.8 Å². The Balaban J connectivity index is 1.75. The Labute approximate surface area is 125 Å². The van der Waals surface area contributed by atoms with Gasteiger partial charge in [0.05, 0.1) is 11.8 Å². The second kappa shape index (κ2) is 5.13. The van der Waals surface area contributed by atoms with Crippen LogP contribution in [-0.2, 0) is 16.0 Å². The predicted octanol–water partition coefficient (Wildman–Crippen LogP) is 2.57. The maximum atomic E-state index is 12.5. The molecule has 1 aliphatic heterocycles. The van der Waals surface area contributed by atoms with E-state index < -0.39 is 0 Å². The normalized spacial score (nSPS) is 30.4. The molecule has 2 fully saturated rings. The molecule has 3 rings (SSSR count). The number of nitrogens with zero attached hydrogens (tertiary/aromatic N) is 2. The highest BCUT2D eigenvalue weighted by Gasteiger charge is 2.60. The largest absolute Gasteiger partial charge is 0.457 e. The lowest BCUT2D eigenvalue weighted by Gasteiger charge is -2.58. The van der Waals surface area contributed by atoms with Gasteiger partial charge in [-0.15, -0.1) is 0 Å². The molecule has 2 heterocycles. The molecule has 2 aliphatic rings. The van der Waals surface area contributed by atoms with E-state index in [4.69, 9.17) is 9.47 Å². The highest BCUT2D eigenvalue weighted by atomic mass is 16.6. The summed E-state index contributed by atoms with van der Waals surface area (Å²) in [6, 6.07) is 1.80. The number of fused-ring (bicyclic) bond motifs is 1. The first-order chi connectivity index (χ1) is 9.95. The van der Waals surface area contributed by atoms with Crippen molar-refractivity contribution in [3.8, 4) is 0 Å². The van der Waals surface area contributed by atoms with Crippen LogP contribution in [0.4, 0.5) is 0 Å². The van der Waals surface area contributed by atoms with Crippen LogP contribution in [0.1, 0.15) is 49.8 Å². The SMILES string of the molecule is CCn1nc(C)cc1C(=O)O[C@@H]1[C@@H]2CCCO[C@@H]2C1(C)C. The van der Waals surface area contributed by atoms with Crippen LogP contribution in [0.3, 0.4) is 0 Å². The van der Waals surface area contributed by atoms with Crippen molar-refractivity contribution in [2.24, 2.45) is 11.3 Å². The number of aryl methyl sites for hydroxylation is 2. The van der Waals surface area contributed by atoms with E-state index in [0.717, 1.165) is 25.1 Å². The molecule has 1 aromatic rings. The molecular weight excluding hydrogens is 268 g/mol. The molecule has 0 spiro atoms. The molecule has 116 valence electrons. The maximum Gasteiger partial charge on any atom is 0.356 e. The summed E-state index contributed by atoms with van der Waals surface area (Å²) < 4.78 is 13.4. The zero-order chi connectivity index (χ0) is 15.2. The minimum Gasteiger partial charge on any atom is -0.457 e. The first-order valence-electron chi connectivity index (χ1n) is 7.82. The monoisotopic (exact) mass is 292 g/mol. The van der Waals surface area contributed by atoms with Gasteiger partial charge >= 0.3 is 5.97 Å². The number of hydrogen-bond donors (Lipinski definition) is 0. The van der Waals surface area contributed by atoms with Crippen LogP contribution < -0.4 is 0 Å². The van der Waals surface area contributed by atoms with Crippen molar-refractivity contribution in [1.29, 1.82) is 0 Å². The predicted molar refractivity (Wildman–Crippen MR) is 78.1 cm³/mol. The number of carbonyl (C=O) groups is 1. The fraction of sp³-hybridized carbons (Fsp3) is 0.750. The average molecular weight is 292 g/mol. The zero-order valence-corrected chi connectivity index (χ0v) is 13.3. The first kappa shape index (κ1) is 14.6. The van der Waals surface area contributed by atoms with Crippen molar-refractivity contribution in [1.82, 2.24) is 9.78 Å². The lowest BCUT2D eigenvalue weighted by molar-refractivity contribution is -0.243. The second-order valence-corrected chi connectivity index (χ2v) is 6.73. The summed E-state index contributed by atoms with van der Waals surface area (Å²) in [6.07, 6.45) is 2.30. The molecule has 0 radical (unpaired) electrons. The van der Waals surface area contributed by atoms with Crippen LogP contribution in [0.25, 0.3) is 0 Å². The number of aromatic nitrogens is 2. The molecule has 0 N–H and O–H groups in total. The maximum absolute atomic E-state index is 12.5. The van der Waals surface area contributed by atoms with E-state index in [1.807, 2.05) is 13.8 Å². The van der Waals surface area contributed by atoms with Gasteiger partial charge in [-0.05, 0) is 32.8 Å². The fourth-order valence-corrected chi connectivity index (χ4v) is 3.84. The summed E-state index contributed by atoms with van der Waals surface area (Å²) in [5.41, 5.74) is 1.29. The topological polar surface area (TPSA) is 53.4 Å². The number of carbonyl (C=O) groups excluding carboxylic acids is 1. The van der Waals surface area contributed by atoms with E-state index in [2.05, 4.69) is 18.9 Å². The van der Waals surface area contributed by atoms with Crippen molar-refractivity contribution >= 4 is 5.97 Å². The van der Waals surface area contributed by atoms with Gasteiger partial charge in [0.2, 0.25) is 0 Å².